The van der Waals surface area contributed by atoms with Crippen molar-refractivity contribution >= 4 is 11.9 Å². The molecule has 1 amide bonds. The summed E-state index contributed by atoms with van der Waals surface area (Å²) in [5, 5.41) is 8.78. The maximum absolute atomic E-state index is 12.4. The SMILES string of the molecule is O=C(O)CCC1CCCCN1C(=O)Cn1cccnc1=O. The Labute approximate surface area is 122 Å². The summed E-state index contributed by atoms with van der Waals surface area (Å²) in [5.41, 5.74) is -0.454. The minimum Gasteiger partial charge on any atom is -0.481 e. The highest BCUT2D eigenvalue weighted by Crippen LogP contribution is 2.21. The van der Waals surface area contributed by atoms with Gasteiger partial charge in [0.15, 0.2) is 0 Å². The van der Waals surface area contributed by atoms with Gasteiger partial charge >= 0.3 is 11.7 Å². The van der Waals surface area contributed by atoms with Gasteiger partial charge in [-0.15, -0.1) is 0 Å². The Balaban J connectivity index is 2.03. The number of amides is 1. The molecule has 114 valence electrons. The fourth-order valence-corrected chi connectivity index (χ4v) is 2.66. The molecular weight excluding hydrogens is 274 g/mol. The first kappa shape index (κ1) is 15.2. The van der Waals surface area contributed by atoms with Gasteiger partial charge in [0.05, 0.1) is 0 Å². The molecular formula is C14H19N3O4. The van der Waals surface area contributed by atoms with E-state index in [9.17, 15) is 14.4 Å². The molecule has 1 atom stereocenters. The molecule has 0 spiro atoms. The summed E-state index contributed by atoms with van der Waals surface area (Å²) >= 11 is 0. The number of hydrogen-bond donors (Lipinski definition) is 1. The number of hydrogen-bond acceptors (Lipinski definition) is 4. The van der Waals surface area contributed by atoms with Crippen LogP contribution < -0.4 is 5.69 Å². The van der Waals surface area contributed by atoms with Crippen LogP contribution in [0.4, 0.5) is 0 Å². The molecule has 0 saturated carbocycles. The van der Waals surface area contributed by atoms with E-state index in [1.54, 1.807) is 11.0 Å². The maximum Gasteiger partial charge on any atom is 0.347 e. The van der Waals surface area contributed by atoms with E-state index < -0.39 is 11.7 Å². The topological polar surface area (TPSA) is 92.5 Å². The summed E-state index contributed by atoms with van der Waals surface area (Å²) < 4.78 is 1.27. The molecule has 1 aromatic rings. The van der Waals surface area contributed by atoms with E-state index in [0.717, 1.165) is 19.3 Å². The van der Waals surface area contributed by atoms with Crippen molar-refractivity contribution in [1.82, 2.24) is 14.5 Å². The van der Waals surface area contributed by atoms with Crippen molar-refractivity contribution in [3.05, 3.63) is 28.9 Å². The minimum atomic E-state index is -0.851. The predicted octanol–water partition coefficient (Wildman–Crippen LogP) is 0.489. The highest BCUT2D eigenvalue weighted by molar-refractivity contribution is 5.76. The third-order valence-electron chi connectivity index (χ3n) is 3.73. The van der Waals surface area contributed by atoms with Crippen molar-refractivity contribution in [2.75, 3.05) is 6.54 Å². The zero-order valence-electron chi connectivity index (χ0n) is 11.8. The Morgan fingerprint density at radius 2 is 2.19 bits per heavy atom. The highest BCUT2D eigenvalue weighted by atomic mass is 16.4. The third-order valence-corrected chi connectivity index (χ3v) is 3.73. The van der Waals surface area contributed by atoms with Gasteiger partial charge in [0.25, 0.3) is 0 Å². The van der Waals surface area contributed by atoms with Crippen LogP contribution >= 0.6 is 0 Å². The number of rotatable bonds is 5. The van der Waals surface area contributed by atoms with Gasteiger partial charge in [-0.3, -0.25) is 14.2 Å². The van der Waals surface area contributed by atoms with E-state index in [-0.39, 0.29) is 24.9 Å². The standard InChI is InChI=1S/C14H19N3O4/c18-12(10-16-8-3-7-15-14(16)21)17-9-2-1-4-11(17)5-6-13(19)20/h3,7-8,11H,1-2,4-6,9-10H2,(H,19,20). The van der Waals surface area contributed by atoms with Crippen LogP contribution in [-0.4, -0.2) is 44.0 Å². The van der Waals surface area contributed by atoms with Gasteiger partial charge in [-0.05, 0) is 31.7 Å². The van der Waals surface area contributed by atoms with Crippen molar-refractivity contribution in [3.8, 4) is 0 Å². The summed E-state index contributed by atoms with van der Waals surface area (Å²) in [6, 6.07) is 1.56. The van der Waals surface area contributed by atoms with Gasteiger partial charge in [-0.2, -0.15) is 0 Å². The number of likely N-dealkylation sites (tertiary alicyclic amines) is 1. The fourth-order valence-electron chi connectivity index (χ4n) is 2.66. The van der Waals surface area contributed by atoms with Crippen molar-refractivity contribution < 1.29 is 14.7 Å². The summed E-state index contributed by atoms with van der Waals surface area (Å²) in [4.78, 5) is 39.9. The number of carboxylic acid groups (broad SMARTS) is 1. The molecule has 2 rings (SSSR count). The molecule has 1 N–H and O–H groups in total. The molecule has 21 heavy (non-hydrogen) atoms. The number of aliphatic carboxylic acids is 1. The first-order valence-electron chi connectivity index (χ1n) is 7.10. The molecule has 1 fully saturated rings. The predicted molar refractivity (Wildman–Crippen MR) is 74.7 cm³/mol. The van der Waals surface area contributed by atoms with E-state index >= 15 is 0 Å². The molecule has 1 saturated heterocycles. The molecule has 7 nitrogen and oxygen atoms in total. The fraction of sp³-hybridized carbons (Fsp3) is 0.571. The zero-order chi connectivity index (χ0) is 15.2. The van der Waals surface area contributed by atoms with Crippen LogP contribution in [0.15, 0.2) is 23.3 Å². The third kappa shape index (κ3) is 4.14. The summed E-state index contributed by atoms with van der Waals surface area (Å²) in [6.45, 7) is 0.578. The molecule has 1 aromatic heterocycles. The van der Waals surface area contributed by atoms with Crippen molar-refractivity contribution in [2.45, 2.75) is 44.7 Å². The van der Waals surface area contributed by atoms with Crippen molar-refractivity contribution in [3.63, 3.8) is 0 Å². The lowest BCUT2D eigenvalue weighted by Gasteiger charge is -2.35. The normalized spacial score (nSPS) is 18.5. The number of carbonyl (C=O) groups excluding carboxylic acids is 1. The van der Waals surface area contributed by atoms with Crippen LogP contribution in [0.3, 0.4) is 0 Å². The average molecular weight is 293 g/mol. The molecule has 7 heteroatoms. The van der Waals surface area contributed by atoms with E-state index in [1.807, 2.05) is 0 Å². The number of piperidine rings is 1. The molecule has 0 bridgehead atoms. The minimum absolute atomic E-state index is 0.0454. The van der Waals surface area contributed by atoms with E-state index in [1.165, 1.54) is 17.0 Å². The Bertz CT molecular complexity index is 569. The maximum atomic E-state index is 12.4. The zero-order valence-corrected chi connectivity index (χ0v) is 11.8. The van der Waals surface area contributed by atoms with Crippen LogP contribution in [0.2, 0.25) is 0 Å². The lowest BCUT2D eigenvalue weighted by Crippen LogP contribution is -2.46. The van der Waals surface area contributed by atoms with E-state index in [2.05, 4.69) is 4.98 Å². The second-order valence-corrected chi connectivity index (χ2v) is 5.20. The first-order chi connectivity index (χ1) is 10.1. The van der Waals surface area contributed by atoms with E-state index in [0.29, 0.717) is 13.0 Å². The number of carboxylic acids is 1. The average Bonchev–Trinajstić information content (AvgIpc) is 2.47. The van der Waals surface area contributed by atoms with Crippen LogP contribution in [0, 0.1) is 0 Å². The highest BCUT2D eigenvalue weighted by Gasteiger charge is 2.27. The van der Waals surface area contributed by atoms with Gasteiger partial charge in [0.2, 0.25) is 5.91 Å². The van der Waals surface area contributed by atoms with Crippen LogP contribution in [0.25, 0.3) is 0 Å². The summed E-state index contributed by atoms with van der Waals surface area (Å²) in [5.74, 6) is -1.00. The van der Waals surface area contributed by atoms with Crippen LogP contribution in [-0.2, 0) is 16.1 Å². The summed E-state index contributed by atoms with van der Waals surface area (Å²) in [7, 11) is 0. The number of nitrogens with zero attached hydrogens (tertiary/aromatic N) is 3. The second-order valence-electron chi connectivity index (χ2n) is 5.20. The lowest BCUT2D eigenvalue weighted by atomic mass is 9.98. The lowest BCUT2D eigenvalue weighted by molar-refractivity contribution is -0.140. The molecule has 1 aliphatic heterocycles. The van der Waals surface area contributed by atoms with Crippen molar-refractivity contribution in [1.29, 1.82) is 0 Å². The largest absolute Gasteiger partial charge is 0.481 e. The van der Waals surface area contributed by atoms with Gasteiger partial charge in [0, 0.05) is 31.4 Å². The van der Waals surface area contributed by atoms with Gasteiger partial charge in [0.1, 0.15) is 6.54 Å². The van der Waals surface area contributed by atoms with Crippen LogP contribution in [0.1, 0.15) is 32.1 Å². The summed E-state index contributed by atoms with van der Waals surface area (Å²) in [6.07, 6.45) is 6.17. The molecule has 0 aliphatic carbocycles. The molecule has 0 aromatic carbocycles. The Morgan fingerprint density at radius 1 is 1.38 bits per heavy atom. The number of carbonyl (C=O) groups is 2. The Morgan fingerprint density at radius 3 is 2.90 bits per heavy atom. The Hall–Kier alpha value is -2.18. The smallest absolute Gasteiger partial charge is 0.347 e. The van der Waals surface area contributed by atoms with Crippen LogP contribution in [0.5, 0.6) is 0 Å². The molecule has 0 radical (unpaired) electrons. The van der Waals surface area contributed by atoms with Gasteiger partial charge in [-0.1, -0.05) is 0 Å². The molecule has 1 aliphatic rings. The van der Waals surface area contributed by atoms with Crippen molar-refractivity contribution in [2.24, 2.45) is 0 Å². The second kappa shape index (κ2) is 7.01. The quantitative estimate of drug-likeness (QED) is 0.853. The Kier molecular flexibility index (Phi) is 5.08. The monoisotopic (exact) mass is 293 g/mol. The van der Waals surface area contributed by atoms with Gasteiger partial charge in [-0.25, -0.2) is 9.78 Å². The van der Waals surface area contributed by atoms with Gasteiger partial charge < -0.3 is 10.0 Å². The number of aromatic nitrogens is 2. The van der Waals surface area contributed by atoms with E-state index in [4.69, 9.17) is 5.11 Å². The molecule has 1 unspecified atom stereocenters. The first-order valence-corrected chi connectivity index (χ1v) is 7.10. The molecule has 2 heterocycles.